The molecule has 0 aliphatic heterocycles. The van der Waals surface area contributed by atoms with Crippen LogP contribution in [0.1, 0.15) is 27.4 Å². The lowest BCUT2D eigenvalue weighted by atomic mass is 10.1. The molecule has 1 aromatic heterocycles. The summed E-state index contributed by atoms with van der Waals surface area (Å²) in [5.41, 5.74) is 3.21. The highest BCUT2D eigenvalue weighted by atomic mass is 16.5. The summed E-state index contributed by atoms with van der Waals surface area (Å²) in [7, 11) is 1.51. The van der Waals surface area contributed by atoms with Gasteiger partial charge in [-0.15, -0.1) is 6.58 Å². The van der Waals surface area contributed by atoms with E-state index in [0.29, 0.717) is 40.7 Å². The van der Waals surface area contributed by atoms with Gasteiger partial charge in [-0.25, -0.2) is 4.79 Å². The van der Waals surface area contributed by atoms with E-state index >= 15 is 0 Å². The molecule has 0 unspecified atom stereocenters. The Morgan fingerprint density at radius 1 is 1.06 bits per heavy atom. The van der Waals surface area contributed by atoms with E-state index in [4.69, 9.17) is 14.0 Å². The first kappa shape index (κ1) is 23.4. The van der Waals surface area contributed by atoms with E-state index in [1.54, 1.807) is 48.5 Å². The first-order chi connectivity index (χ1) is 15.9. The Morgan fingerprint density at radius 3 is 2.36 bits per heavy atom. The fourth-order valence-electron chi connectivity index (χ4n) is 2.97. The second-order valence-electron chi connectivity index (χ2n) is 7.11. The van der Waals surface area contributed by atoms with Gasteiger partial charge in [-0.1, -0.05) is 11.2 Å². The molecule has 172 valence electrons. The Balaban J connectivity index is 1.62. The fourth-order valence-corrected chi connectivity index (χ4v) is 2.97. The lowest BCUT2D eigenvalue weighted by Crippen LogP contribution is -2.28. The highest BCUT2D eigenvalue weighted by Gasteiger charge is 2.14. The smallest absolute Gasteiger partial charge is 0.319 e. The molecule has 2 aromatic carbocycles. The molecule has 0 radical (unpaired) electrons. The molecule has 0 atom stereocenters. The number of hydrogen-bond donors (Lipinski definition) is 3. The Labute approximate surface area is 191 Å². The molecule has 3 aromatic rings. The molecule has 0 aliphatic rings. The highest BCUT2D eigenvalue weighted by molar-refractivity contribution is 6.04. The number of benzene rings is 2. The molecule has 0 fully saturated rings. The molecule has 0 aliphatic carbocycles. The molecule has 33 heavy (non-hydrogen) atoms. The van der Waals surface area contributed by atoms with Gasteiger partial charge in [0.15, 0.2) is 11.5 Å². The normalized spacial score (nSPS) is 10.3. The molecule has 3 N–H and O–H groups in total. The summed E-state index contributed by atoms with van der Waals surface area (Å²) in [6, 6.07) is 11.4. The zero-order chi connectivity index (χ0) is 23.8. The third-order valence-electron chi connectivity index (χ3n) is 4.79. The molecule has 0 bridgehead atoms. The monoisotopic (exact) mass is 450 g/mol. The predicted octanol–water partition coefficient (Wildman–Crippen LogP) is 4.44. The lowest BCUT2D eigenvalue weighted by molar-refractivity contribution is 0.102. The second kappa shape index (κ2) is 10.9. The Bertz CT molecular complexity index is 1120. The van der Waals surface area contributed by atoms with Crippen molar-refractivity contribution in [2.24, 2.45) is 0 Å². The number of aromatic nitrogens is 1. The molecule has 9 heteroatoms. The van der Waals surface area contributed by atoms with E-state index in [0.717, 1.165) is 11.3 Å². The maximum Gasteiger partial charge on any atom is 0.319 e. The number of anilines is 2. The van der Waals surface area contributed by atoms with Gasteiger partial charge >= 0.3 is 6.03 Å². The van der Waals surface area contributed by atoms with Crippen molar-refractivity contribution >= 4 is 23.3 Å². The van der Waals surface area contributed by atoms with Crippen LogP contribution >= 0.6 is 0 Å². The van der Waals surface area contributed by atoms with Gasteiger partial charge in [-0.2, -0.15) is 0 Å². The average Bonchev–Trinajstić information content (AvgIpc) is 3.14. The molecule has 9 nitrogen and oxygen atoms in total. The number of rotatable bonds is 9. The second-order valence-corrected chi connectivity index (χ2v) is 7.11. The van der Waals surface area contributed by atoms with E-state index in [9.17, 15) is 9.59 Å². The summed E-state index contributed by atoms with van der Waals surface area (Å²) in [4.78, 5) is 24.4. The molecule has 1 heterocycles. The number of hydrogen-bond acceptors (Lipinski definition) is 6. The first-order valence-corrected chi connectivity index (χ1v) is 10.2. The number of carbonyl (C=O) groups is 2. The standard InChI is InChI=1S/C24H26N4O5/c1-5-12-25-24(30)27-19-9-7-18(8-10-19)26-23(29)17-6-11-21(22(13-17)31-4)32-14-20-15(2)28-33-16(20)3/h5-11,13H,1,12,14H2,2-4H3,(H,26,29)(H2,25,27,30). The Kier molecular flexibility index (Phi) is 7.69. The summed E-state index contributed by atoms with van der Waals surface area (Å²) in [5, 5.41) is 12.0. The van der Waals surface area contributed by atoms with Crippen LogP contribution in [0.15, 0.2) is 59.6 Å². The number of methoxy groups -OCH3 is 1. The van der Waals surface area contributed by atoms with Gasteiger partial charge in [0.1, 0.15) is 12.4 Å². The quantitative estimate of drug-likeness (QED) is 0.415. The van der Waals surface area contributed by atoms with Crippen LogP contribution in [0.25, 0.3) is 0 Å². The lowest BCUT2D eigenvalue weighted by Gasteiger charge is -2.13. The number of carbonyl (C=O) groups excluding carboxylic acids is 2. The van der Waals surface area contributed by atoms with Crippen molar-refractivity contribution in [3.8, 4) is 11.5 Å². The van der Waals surface area contributed by atoms with E-state index in [-0.39, 0.29) is 18.5 Å². The SMILES string of the molecule is C=CCNC(=O)Nc1ccc(NC(=O)c2ccc(OCc3c(C)noc3C)c(OC)c2)cc1. The van der Waals surface area contributed by atoms with Crippen molar-refractivity contribution in [3.05, 3.63) is 77.7 Å². The molecule has 0 saturated carbocycles. The highest BCUT2D eigenvalue weighted by Crippen LogP contribution is 2.30. The van der Waals surface area contributed by atoms with Crippen LogP contribution in [0.2, 0.25) is 0 Å². The zero-order valence-corrected chi connectivity index (χ0v) is 18.7. The van der Waals surface area contributed by atoms with Crippen LogP contribution in [0.5, 0.6) is 11.5 Å². The van der Waals surface area contributed by atoms with Gasteiger partial charge in [-0.3, -0.25) is 4.79 Å². The number of amides is 3. The number of nitrogens with zero attached hydrogens (tertiary/aromatic N) is 1. The van der Waals surface area contributed by atoms with Gasteiger partial charge < -0.3 is 29.9 Å². The largest absolute Gasteiger partial charge is 0.493 e. The van der Waals surface area contributed by atoms with Gasteiger partial charge in [0.05, 0.1) is 18.4 Å². The van der Waals surface area contributed by atoms with E-state index in [2.05, 4.69) is 27.7 Å². The summed E-state index contributed by atoms with van der Waals surface area (Å²) in [6.07, 6.45) is 1.59. The number of aryl methyl sites for hydroxylation is 2. The van der Waals surface area contributed by atoms with Gasteiger partial charge in [0, 0.05) is 23.5 Å². The topological polar surface area (TPSA) is 115 Å². The molecule has 3 amide bonds. The molecule has 0 spiro atoms. The number of nitrogens with one attached hydrogen (secondary N) is 3. The maximum absolute atomic E-state index is 12.7. The maximum atomic E-state index is 12.7. The molecule has 0 saturated heterocycles. The summed E-state index contributed by atoms with van der Waals surface area (Å²) in [6.45, 7) is 7.85. The van der Waals surface area contributed by atoms with Crippen molar-refractivity contribution in [2.45, 2.75) is 20.5 Å². The zero-order valence-electron chi connectivity index (χ0n) is 18.7. The minimum atomic E-state index is -0.338. The predicted molar refractivity (Wildman–Crippen MR) is 125 cm³/mol. The van der Waals surface area contributed by atoms with Gasteiger partial charge in [0.25, 0.3) is 5.91 Å². The summed E-state index contributed by atoms with van der Waals surface area (Å²) in [5.74, 6) is 1.31. The molecule has 3 rings (SSSR count). The van der Waals surface area contributed by atoms with Crippen LogP contribution in [-0.2, 0) is 6.61 Å². The summed E-state index contributed by atoms with van der Waals surface area (Å²) < 4.78 is 16.4. The first-order valence-electron chi connectivity index (χ1n) is 10.2. The Hall–Kier alpha value is -4.27. The minimum Gasteiger partial charge on any atom is -0.493 e. The number of urea groups is 1. The van der Waals surface area contributed by atoms with Gasteiger partial charge in [0.2, 0.25) is 0 Å². The van der Waals surface area contributed by atoms with Crippen LogP contribution in [-0.4, -0.2) is 30.7 Å². The van der Waals surface area contributed by atoms with Crippen LogP contribution < -0.4 is 25.4 Å². The third kappa shape index (κ3) is 6.13. The third-order valence-corrected chi connectivity index (χ3v) is 4.79. The van der Waals surface area contributed by atoms with Crippen LogP contribution in [0, 0.1) is 13.8 Å². The van der Waals surface area contributed by atoms with Crippen molar-refractivity contribution < 1.29 is 23.6 Å². The van der Waals surface area contributed by atoms with E-state index < -0.39 is 0 Å². The van der Waals surface area contributed by atoms with Crippen molar-refractivity contribution in [1.82, 2.24) is 10.5 Å². The van der Waals surface area contributed by atoms with Crippen molar-refractivity contribution in [1.29, 1.82) is 0 Å². The fraction of sp³-hybridized carbons (Fsp3) is 0.208. The van der Waals surface area contributed by atoms with Crippen molar-refractivity contribution in [3.63, 3.8) is 0 Å². The average molecular weight is 450 g/mol. The van der Waals surface area contributed by atoms with Crippen molar-refractivity contribution in [2.75, 3.05) is 24.3 Å². The Morgan fingerprint density at radius 2 is 1.76 bits per heavy atom. The number of ether oxygens (including phenoxy) is 2. The summed E-state index contributed by atoms with van der Waals surface area (Å²) >= 11 is 0. The minimum absolute atomic E-state index is 0.273. The molecular formula is C24H26N4O5. The van der Waals surface area contributed by atoms with Crippen LogP contribution in [0.3, 0.4) is 0 Å². The van der Waals surface area contributed by atoms with E-state index in [1.807, 2.05) is 13.8 Å². The van der Waals surface area contributed by atoms with E-state index in [1.165, 1.54) is 7.11 Å². The molecular weight excluding hydrogens is 424 g/mol. The van der Waals surface area contributed by atoms with Gasteiger partial charge in [-0.05, 0) is 56.3 Å². The van der Waals surface area contributed by atoms with Crippen LogP contribution in [0.4, 0.5) is 16.2 Å².